The average Bonchev–Trinajstić information content (AvgIpc) is 2.39. The second-order valence-corrected chi connectivity index (χ2v) is 6.31. The van der Waals surface area contributed by atoms with Crippen molar-refractivity contribution < 1.29 is 0 Å². The van der Waals surface area contributed by atoms with Gasteiger partial charge in [-0.05, 0) is 52.0 Å². The van der Waals surface area contributed by atoms with E-state index in [4.69, 9.17) is 12.2 Å². The molecule has 1 aliphatic rings. The Balaban J connectivity index is 1.98. The SMILES string of the molecule is Cc1ccc(N2CCN(C(=S)NC(C)C)CC2C)cc1. The Kier molecular flexibility index (Phi) is 4.86. The zero-order valence-electron chi connectivity index (χ0n) is 12.9. The van der Waals surface area contributed by atoms with E-state index >= 15 is 0 Å². The largest absolute Gasteiger partial charge is 0.365 e. The van der Waals surface area contributed by atoms with Crippen LogP contribution in [0.15, 0.2) is 24.3 Å². The van der Waals surface area contributed by atoms with E-state index in [1.54, 1.807) is 0 Å². The van der Waals surface area contributed by atoms with Crippen LogP contribution in [0.5, 0.6) is 0 Å². The molecule has 1 N–H and O–H groups in total. The first kappa shape index (κ1) is 15.1. The van der Waals surface area contributed by atoms with Crippen molar-refractivity contribution in [1.82, 2.24) is 10.2 Å². The monoisotopic (exact) mass is 291 g/mol. The summed E-state index contributed by atoms with van der Waals surface area (Å²) in [6, 6.07) is 9.66. The van der Waals surface area contributed by atoms with Crippen molar-refractivity contribution in [2.75, 3.05) is 24.5 Å². The summed E-state index contributed by atoms with van der Waals surface area (Å²) in [5, 5.41) is 4.22. The van der Waals surface area contributed by atoms with Crippen molar-refractivity contribution in [3.05, 3.63) is 29.8 Å². The molecule has 4 heteroatoms. The molecule has 0 saturated carbocycles. The molecule has 1 aliphatic heterocycles. The van der Waals surface area contributed by atoms with Gasteiger partial charge in [-0.25, -0.2) is 0 Å². The summed E-state index contributed by atoms with van der Waals surface area (Å²) in [5.74, 6) is 0. The Bertz CT molecular complexity index is 455. The summed E-state index contributed by atoms with van der Waals surface area (Å²) >= 11 is 5.47. The Morgan fingerprint density at radius 3 is 2.45 bits per heavy atom. The van der Waals surface area contributed by atoms with Gasteiger partial charge in [-0.1, -0.05) is 17.7 Å². The van der Waals surface area contributed by atoms with E-state index in [9.17, 15) is 0 Å². The van der Waals surface area contributed by atoms with Crippen LogP contribution in [-0.2, 0) is 0 Å². The minimum Gasteiger partial charge on any atom is -0.365 e. The van der Waals surface area contributed by atoms with Crippen LogP contribution in [0.3, 0.4) is 0 Å². The highest BCUT2D eigenvalue weighted by molar-refractivity contribution is 7.80. The van der Waals surface area contributed by atoms with Crippen molar-refractivity contribution >= 4 is 23.0 Å². The average molecular weight is 291 g/mol. The molecule has 1 heterocycles. The fourth-order valence-electron chi connectivity index (χ4n) is 2.60. The third kappa shape index (κ3) is 3.63. The first-order valence-electron chi connectivity index (χ1n) is 7.36. The van der Waals surface area contributed by atoms with Crippen LogP contribution in [0, 0.1) is 6.92 Å². The topological polar surface area (TPSA) is 18.5 Å². The molecule has 0 bridgehead atoms. The minimum atomic E-state index is 0.396. The molecule has 0 spiro atoms. The number of rotatable bonds is 2. The summed E-state index contributed by atoms with van der Waals surface area (Å²) in [5.41, 5.74) is 2.62. The maximum absolute atomic E-state index is 5.47. The lowest BCUT2D eigenvalue weighted by Crippen LogP contribution is -2.56. The number of aryl methyl sites for hydroxylation is 1. The van der Waals surface area contributed by atoms with Gasteiger partial charge in [0.2, 0.25) is 0 Å². The van der Waals surface area contributed by atoms with Gasteiger partial charge in [0.15, 0.2) is 5.11 Å². The molecule has 1 atom stereocenters. The molecule has 1 aromatic carbocycles. The van der Waals surface area contributed by atoms with Crippen LogP contribution >= 0.6 is 12.2 Å². The summed E-state index contributed by atoms with van der Waals surface area (Å²) in [4.78, 5) is 4.75. The molecule has 0 radical (unpaired) electrons. The van der Waals surface area contributed by atoms with Crippen LogP contribution in [0.2, 0.25) is 0 Å². The van der Waals surface area contributed by atoms with Gasteiger partial charge in [0.05, 0.1) is 0 Å². The first-order chi connectivity index (χ1) is 9.47. The predicted molar refractivity (Wildman–Crippen MR) is 90.4 cm³/mol. The lowest BCUT2D eigenvalue weighted by atomic mass is 10.1. The molecule has 0 aromatic heterocycles. The maximum Gasteiger partial charge on any atom is 0.169 e. The van der Waals surface area contributed by atoms with Gasteiger partial charge in [0, 0.05) is 37.4 Å². The van der Waals surface area contributed by atoms with E-state index in [0.29, 0.717) is 12.1 Å². The molecular formula is C16H25N3S. The lowest BCUT2D eigenvalue weighted by Gasteiger charge is -2.42. The second kappa shape index (κ2) is 6.44. The molecule has 110 valence electrons. The van der Waals surface area contributed by atoms with E-state index in [0.717, 1.165) is 24.7 Å². The number of anilines is 1. The number of thiocarbonyl (C=S) groups is 1. The number of hydrogen-bond acceptors (Lipinski definition) is 2. The van der Waals surface area contributed by atoms with E-state index in [-0.39, 0.29) is 0 Å². The van der Waals surface area contributed by atoms with Crippen LogP contribution in [0.1, 0.15) is 26.3 Å². The fraction of sp³-hybridized carbons (Fsp3) is 0.562. The maximum atomic E-state index is 5.47. The van der Waals surface area contributed by atoms with Crippen LogP contribution in [0.4, 0.5) is 5.69 Å². The fourth-order valence-corrected chi connectivity index (χ4v) is 3.00. The van der Waals surface area contributed by atoms with Crippen molar-refractivity contribution in [2.45, 2.75) is 39.8 Å². The van der Waals surface area contributed by atoms with E-state index < -0.39 is 0 Å². The summed E-state index contributed by atoms with van der Waals surface area (Å²) in [7, 11) is 0. The second-order valence-electron chi connectivity index (χ2n) is 5.93. The van der Waals surface area contributed by atoms with E-state index in [1.807, 2.05) is 0 Å². The van der Waals surface area contributed by atoms with Crippen molar-refractivity contribution in [1.29, 1.82) is 0 Å². The van der Waals surface area contributed by atoms with Gasteiger partial charge in [-0.3, -0.25) is 0 Å². The predicted octanol–water partition coefficient (Wildman–Crippen LogP) is 2.79. The molecular weight excluding hydrogens is 266 g/mol. The van der Waals surface area contributed by atoms with E-state index in [1.165, 1.54) is 11.3 Å². The number of nitrogens with one attached hydrogen (secondary N) is 1. The van der Waals surface area contributed by atoms with Crippen molar-refractivity contribution in [3.63, 3.8) is 0 Å². The highest BCUT2D eigenvalue weighted by Gasteiger charge is 2.25. The molecule has 1 aromatic rings. The third-order valence-corrected chi connectivity index (χ3v) is 4.07. The molecule has 20 heavy (non-hydrogen) atoms. The highest BCUT2D eigenvalue weighted by Crippen LogP contribution is 2.21. The van der Waals surface area contributed by atoms with Crippen molar-refractivity contribution in [3.8, 4) is 0 Å². The molecule has 0 aliphatic carbocycles. The van der Waals surface area contributed by atoms with Gasteiger partial charge >= 0.3 is 0 Å². The number of nitrogens with zero attached hydrogens (tertiary/aromatic N) is 2. The molecule has 1 saturated heterocycles. The number of hydrogen-bond donors (Lipinski definition) is 1. The summed E-state index contributed by atoms with van der Waals surface area (Å²) in [6.07, 6.45) is 0. The smallest absolute Gasteiger partial charge is 0.169 e. The Hall–Kier alpha value is -1.29. The lowest BCUT2D eigenvalue weighted by molar-refractivity contribution is 0.332. The molecule has 0 amide bonds. The Morgan fingerprint density at radius 2 is 1.90 bits per heavy atom. The highest BCUT2D eigenvalue weighted by atomic mass is 32.1. The normalized spacial score (nSPS) is 19.4. The molecule has 1 fully saturated rings. The van der Waals surface area contributed by atoms with Gasteiger partial charge < -0.3 is 15.1 Å². The number of benzene rings is 1. The minimum absolute atomic E-state index is 0.396. The van der Waals surface area contributed by atoms with Gasteiger partial charge in [-0.2, -0.15) is 0 Å². The zero-order valence-corrected chi connectivity index (χ0v) is 13.7. The molecule has 1 unspecified atom stereocenters. The van der Waals surface area contributed by atoms with Crippen LogP contribution in [0.25, 0.3) is 0 Å². The summed E-state index contributed by atoms with van der Waals surface area (Å²) < 4.78 is 0. The van der Waals surface area contributed by atoms with Crippen LogP contribution in [-0.4, -0.2) is 41.7 Å². The third-order valence-electron chi connectivity index (χ3n) is 3.69. The van der Waals surface area contributed by atoms with Crippen molar-refractivity contribution in [2.24, 2.45) is 0 Å². The number of piperazine rings is 1. The summed E-state index contributed by atoms with van der Waals surface area (Å²) in [6.45, 7) is 11.6. The van der Waals surface area contributed by atoms with Crippen LogP contribution < -0.4 is 10.2 Å². The molecule has 3 nitrogen and oxygen atoms in total. The standard InChI is InChI=1S/C16H25N3S/c1-12(2)17-16(20)18-9-10-19(14(4)11-18)15-7-5-13(3)6-8-15/h5-8,12,14H,9-11H2,1-4H3,(H,17,20). The quantitative estimate of drug-likeness (QED) is 0.844. The molecule has 2 rings (SSSR count). The van der Waals surface area contributed by atoms with E-state index in [2.05, 4.69) is 67.1 Å². The zero-order chi connectivity index (χ0) is 14.7. The Labute approximate surface area is 128 Å². The van der Waals surface area contributed by atoms with Gasteiger partial charge in [-0.15, -0.1) is 0 Å². The Morgan fingerprint density at radius 1 is 1.25 bits per heavy atom. The first-order valence-corrected chi connectivity index (χ1v) is 7.77. The van der Waals surface area contributed by atoms with Gasteiger partial charge in [0.1, 0.15) is 0 Å². The van der Waals surface area contributed by atoms with Gasteiger partial charge in [0.25, 0.3) is 0 Å².